The molecule has 0 bridgehead atoms. The van der Waals surface area contributed by atoms with Crippen LogP contribution in [0.5, 0.6) is 0 Å². The van der Waals surface area contributed by atoms with E-state index in [2.05, 4.69) is 4.74 Å². The molecule has 0 unspecified atom stereocenters. The van der Waals surface area contributed by atoms with Gasteiger partial charge in [0.2, 0.25) is 6.29 Å². The summed E-state index contributed by atoms with van der Waals surface area (Å²) >= 11 is 0. The highest BCUT2D eigenvalue weighted by atomic mass is 16.7. The summed E-state index contributed by atoms with van der Waals surface area (Å²) < 4.78 is 14.1. The van der Waals surface area contributed by atoms with Gasteiger partial charge in [-0.1, -0.05) is 41.5 Å². The molecule has 0 aromatic rings. The molecule has 0 radical (unpaired) electrons. The average Bonchev–Trinajstić information content (AvgIpc) is 2.37. The maximum Gasteiger partial charge on any atom is 0.311 e. The largest absolute Gasteiger partial charge is 0.469 e. The molecule has 0 saturated heterocycles. The summed E-state index contributed by atoms with van der Waals surface area (Å²) in [6.45, 7) is 12.0. The summed E-state index contributed by atoms with van der Waals surface area (Å²) in [5.41, 5.74) is 0. The van der Waals surface area contributed by atoms with Gasteiger partial charge < -0.3 is 14.2 Å². The van der Waals surface area contributed by atoms with Crippen LogP contribution in [0.1, 0.15) is 48.5 Å². The Kier molecular flexibility index (Phi) is 11.5. The first-order chi connectivity index (χ1) is 9.52. The van der Waals surface area contributed by atoms with E-state index in [9.17, 15) is 14.4 Å². The number of carbonyl (C=O) groups is 3. The second-order valence-corrected chi connectivity index (χ2v) is 5.43. The Morgan fingerprint density at radius 2 is 0.905 bits per heavy atom. The third-order valence-corrected chi connectivity index (χ3v) is 2.18. The lowest BCUT2D eigenvalue weighted by Crippen LogP contribution is -2.25. The summed E-state index contributed by atoms with van der Waals surface area (Å²) in [5.74, 6) is -1.31. The molecule has 0 aliphatic carbocycles. The lowest BCUT2D eigenvalue weighted by molar-refractivity contribution is -0.188. The van der Waals surface area contributed by atoms with Gasteiger partial charge in [0.1, 0.15) is 0 Å². The predicted octanol–water partition coefficient (Wildman–Crippen LogP) is 2.55. The van der Waals surface area contributed by atoms with Crippen molar-refractivity contribution in [3.63, 3.8) is 0 Å². The second-order valence-electron chi connectivity index (χ2n) is 5.43. The van der Waals surface area contributed by atoms with Gasteiger partial charge in [-0.2, -0.15) is 0 Å². The van der Waals surface area contributed by atoms with E-state index < -0.39 is 6.29 Å². The quantitative estimate of drug-likeness (QED) is 0.573. The standard InChI is InChI=1S/C10H18O4.C5H10O2/c1-6(2)9(11)13-8(5)14-10(12)7(3)4;1-4(2)5(6)7-3/h6-8H,1-5H3;4H,1-3H3. The van der Waals surface area contributed by atoms with Gasteiger partial charge in [0.15, 0.2) is 0 Å². The molecule has 0 amide bonds. The number of carbonyl (C=O) groups excluding carboxylic acids is 3. The molecular formula is C15H28O6. The van der Waals surface area contributed by atoms with Crippen LogP contribution < -0.4 is 0 Å². The molecule has 21 heavy (non-hydrogen) atoms. The van der Waals surface area contributed by atoms with E-state index in [1.165, 1.54) is 14.0 Å². The SMILES string of the molecule is CC(OC(=O)C(C)C)OC(=O)C(C)C.COC(=O)C(C)C. The van der Waals surface area contributed by atoms with Crippen molar-refractivity contribution < 1.29 is 28.6 Å². The fraction of sp³-hybridized carbons (Fsp3) is 0.800. The van der Waals surface area contributed by atoms with Crippen LogP contribution in [-0.2, 0) is 28.6 Å². The fourth-order valence-electron chi connectivity index (χ4n) is 0.859. The molecule has 0 rings (SSSR count). The van der Waals surface area contributed by atoms with Crippen LogP contribution in [0, 0.1) is 17.8 Å². The van der Waals surface area contributed by atoms with Crippen LogP contribution in [0.3, 0.4) is 0 Å². The Balaban J connectivity index is 0. The predicted molar refractivity (Wildman–Crippen MR) is 78.2 cm³/mol. The summed E-state index contributed by atoms with van der Waals surface area (Å²) in [5, 5.41) is 0. The number of rotatable bonds is 5. The summed E-state index contributed by atoms with van der Waals surface area (Å²) in [4.78, 5) is 32.5. The lowest BCUT2D eigenvalue weighted by atomic mass is 10.2. The summed E-state index contributed by atoms with van der Waals surface area (Å²) in [7, 11) is 1.39. The van der Waals surface area contributed by atoms with Crippen molar-refractivity contribution in [3.8, 4) is 0 Å². The van der Waals surface area contributed by atoms with Crippen molar-refractivity contribution in [3.05, 3.63) is 0 Å². The normalized spacial score (nSPS) is 10.3. The topological polar surface area (TPSA) is 78.9 Å². The second kappa shape index (κ2) is 11.1. The average molecular weight is 304 g/mol. The van der Waals surface area contributed by atoms with E-state index in [1.54, 1.807) is 41.5 Å². The molecule has 6 heteroatoms. The number of ether oxygens (including phenoxy) is 3. The molecule has 0 aliphatic rings. The van der Waals surface area contributed by atoms with Crippen LogP contribution >= 0.6 is 0 Å². The maximum atomic E-state index is 11.1. The maximum absolute atomic E-state index is 11.1. The number of methoxy groups -OCH3 is 1. The zero-order valence-corrected chi connectivity index (χ0v) is 14.3. The fourth-order valence-corrected chi connectivity index (χ4v) is 0.859. The molecule has 0 aliphatic heterocycles. The third-order valence-electron chi connectivity index (χ3n) is 2.18. The van der Waals surface area contributed by atoms with Crippen molar-refractivity contribution >= 4 is 17.9 Å². The zero-order valence-electron chi connectivity index (χ0n) is 14.3. The molecule has 0 aromatic heterocycles. The first-order valence-corrected chi connectivity index (χ1v) is 7.01. The Morgan fingerprint density at radius 3 is 1.05 bits per heavy atom. The molecule has 0 spiro atoms. The van der Waals surface area contributed by atoms with Crippen molar-refractivity contribution in [1.82, 2.24) is 0 Å². The van der Waals surface area contributed by atoms with Crippen molar-refractivity contribution in [2.24, 2.45) is 17.8 Å². The molecule has 0 atom stereocenters. The molecule has 0 aromatic carbocycles. The van der Waals surface area contributed by atoms with Crippen molar-refractivity contribution in [1.29, 1.82) is 0 Å². The highest BCUT2D eigenvalue weighted by Crippen LogP contribution is 2.05. The van der Waals surface area contributed by atoms with Crippen LogP contribution in [-0.4, -0.2) is 31.3 Å². The molecule has 6 nitrogen and oxygen atoms in total. The molecule has 0 heterocycles. The highest BCUT2D eigenvalue weighted by Gasteiger charge is 2.17. The van der Waals surface area contributed by atoms with Crippen LogP contribution in [0.15, 0.2) is 0 Å². The number of esters is 3. The van der Waals surface area contributed by atoms with Gasteiger partial charge in [0.25, 0.3) is 0 Å². The van der Waals surface area contributed by atoms with Crippen molar-refractivity contribution in [2.45, 2.75) is 54.8 Å². The number of hydrogen-bond acceptors (Lipinski definition) is 6. The third kappa shape index (κ3) is 11.9. The van der Waals surface area contributed by atoms with Gasteiger partial charge in [-0.05, 0) is 0 Å². The van der Waals surface area contributed by atoms with Crippen molar-refractivity contribution in [2.75, 3.05) is 7.11 Å². The van der Waals surface area contributed by atoms with E-state index >= 15 is 0 Å². The molecular weight excluding hydrogens is 276 g/mol. The summed E-state index contributed by atoms with van der Waals surface area (Å²) in [6.07, 6.45) is -0.806. The first kappa shape index (κ1) is 21.7. The molecule has 124 valence electrons. The summed E-state index contributed by atoms with van der Waals surface area (Å²) in [6, 6.07) is 0. The Hall–Kier alpha value is -1.59. The minimum Gasteiger partial charge on any atom is -0.469 e. The highest BCUT2D eigenvalue weighted by molar-refractivity contribution is 5.73. The minimum absolute atomic E-state index is 0.00463. The number of hydrogen-bond donors (Lipinski definition) is 0. The Morgan fingerprint density at radius 1 is 0.619 bits per heavy atom. The zero-order chi connectivity index (χ0) is 17.2. The van der Waals surface area contributed by atoms with Gasteiger partial charge >= 0.3 is 17.9 Å². The van der Waals surface area contributed by atoms with Crippen LogP contribution in [0.2, 0.25) is 0 Å². The Labute approximate surface area is 127 Å². The van der Waals surface area contributed by atoms with E-state index in [-0.39, 0.29) is 35.7 Å². The lowest BCUT2D eigenvalue weighted by Gasteiger charge is -2.16. The van der Waals surface area contributed by atoms with Gasteiger partial charge in [-0.15, -0.1) is 0 Å². The van der Waals surface area contributed by atoms with Gasteiger partial charge in [0, 0.05) is 6.92 Å². The smallest absolute Gasteiger partial charge is 0.311 e. The monoisotopic (exact) mass is 304 g/mol. The molecule has 0 N–H and O–H groups in total. The first-order valence-electron chi connectivity index (χ1n) is 7.01. The van der Waals surface area contributed by atoms with E-state index in [0.29, 0.717) is 0 Å². The Bertz CT molecular complexity index is 311. The van der Waals surface area contributed by atoms with Gasteiger partial charge in [0.05, 0.1) is 24.9 Å². The van der Waals surface area contributed by atoms with Gasteiger partial charge in [-0.25, -0.2) is 0 Å². The van der Waals surface area contributed by atoms with Gasteiger partial charge in [-0.3, -0.25) is 14.4 Å². The van der Waals surface area contributed by atoms with E-state index in [4.69, 9.17) is 9.47 Å². The van der Waals surface area contributed by atoms with Crippen LogP contribution in [0.25, 0.3) is 0 Å². The van der Waals surface area contributed by atoms with Crippen LogP contribution in [0.4, 0.5) is 0 Å². The van der Waals surface area contributed by atoms with E-state index in [0.717, 1.165) is 0 Å². The molecule has 0 saturated carbocycles. The minimum atomic E-state index is -0.806. The van der Waals surface area contributed by atoms with E-state index in [1.807, 2.05) is 0 Å². The molecule has 0 fully saturated rings.